The Morgan fingerprint density at radius 2 is 1.93 bits per heavy atom. The molecule has 1 aromatic carbocycles. The Kier molecular flexibility index (Phi) is 5.95. The quantitative estimate of drug-likeness (QED) is 0.784. The van der Waals surface area contributed by atoms with E-state index in [0.717, 1.165) is 67.6 Å². The lowest BCUT2D eigenvalue weighted by molar-refractivity contribution is -0.132. The first-order valence-electron chi connectivity index (χ1n) is 10.2. The average Bonchev–Trinajstić information content (AvgIpc) is 2.74. The van der Waals surface area contributed by atoms with Crippen LogP contribution in [0.5, 0.6) is 5.75 Å². The second-order valence-electron chi connectivity index (χ2n) is 7.81. The van der Waals surface area contributed by atoms with Crippen molar-refractivity contribution in [2.45, 2.75) is 26.2 Å². The molecule has 28 heavy (non-hydrogen) atoms. The third-order valence-electron chi connectivity index (χ3n) is 5.98. The van der Waals surface area contributed by atoms with Gasteiger partial charge in [0.05, 0.1) is 12.6 Å². The first kappa shape index (κ1) is 19.4. The fraction of sp³-hybridized carbons (Fsp3) is 0.545. The largest absolute Gasteiger partial charge is 0.497 e. The van der Waals surface area contributed by atoms with Gasteiger partial charge in [0.25, 0.3) is 0 Å². The maximum Gasteiger partial charge on any atom is 0.222 e. The summed E-state index contributed by atoms with van der Waals surface area (Å²) in [6.07, 6.45) is 2.83. The van der Waals surface area contributed by atoms with E-state index < -0.39 is 0 Å². The van der Waals surface area contributed by atoms with E-state index in [2.05, 4.69) is 28.9 Å². The number of hydrogen-bond acceptors (Lipinski definition) is 5. The molecule has 0 bridgehead atoms. The molecule has 1 aromatic heterocycles. The van der Waals surface area contributed by atoms with E-state index in [-0.39, 0.29) is 0 Å². The Balaban J connectivity index is 1.40. The first-order chi connectivity index (χ1) is 13.6. The molecule has 0 N–H and O–H groups in total. The van der Waals surface area contributed by atoms with Crippen LogP contribution in [0.1, 0.15) is 24.8 Å². The monoisotopic (exact) mass is 399 g/mol. The maximum absolute atomic E-state index is 12.5. The van der Waals surface area contributed by atoms with Crippen LogP contribution in [0.2, 0.25) is 0 Å². The third kappa shape index (κ3) is 4.22. The lowest BCUT2D eigenvalue weighted by Gasteiger charge is -2.34. The van der Waals surface area contributed by atoms with Crippen molar-refractivity contribution < 1.29 is 9.53 Å². The van der Waals surface area contributed by atoms with Gasteiger partial charge in [-0.25, -0.2) is 4.98 Å². The van der Waals surface area contributed by atoms with E-state index in [4.69, 9.17) is 9.72 Å². The number of piperidine rings is 1. The number of carbonyl (C=O) groups excluding carboxylic acids is 1. The summed E-state index contributed by atoms with van der Waals surface area (Å²) in [6.45, 7) is 5.92. The molecule has 0 unspecified atom stereocenters. The summed E-state index contributed by atoms with van der Waals surface area (Å²) in [7, 11) is 1.69. The lowest BCUT2D eigenvalue weighted by Crippen LogP contribution is -2.40. The summed E-state index contributed by atoms with van der Waals surface area (Å²) in [4.78, 5) is 21.9. The van der Waals surface area contributed by atoms with Gasteiger partial charge in [-0.2, -0.15) is 11.8 Å². The van der Waals surface area contributed by atoms with Crippen molar-refractivity contribution in [1.29, 1.82) is 0 Å². The fourth-order valence-electron chi connectivity index (χ4n) is 4.21. The first-order valence-corrected chi connectivity index (χ1v) is 11.4. The molecule has 0 atom stereocenters. The van der Waals surface area contributed by atoms with Crippen LogP contribution in [0.3, 0.4) is 0 Å². The molecule has 150 valence electrons. The number of carbonyl (C=O) groups is 1. The maximum atomic E-state index is 12.5. The molecule has 0 aliphatic carbocycles. The zero-order valence-electron chi connectivity index (χ0n) is 16.8. The molecule has 2 saturated heterocycles. The highest BCUT2D eigenvalue weighted by molar-refractivity contribution is 7.99. The molecule has 0 spiro atoms. The van der Waals surface area contributed by atoms with Gasteiger partial charge in [-0.05, 0) is 49.4 Å². The number of hydrogen-bond donors (Lipinski definition) is 0. The van der Waals surface area contributed by atoms with Crippen LogP contribution in [0.15, 0.2) is 24.3 Å². The fourth-order valence-corrected chi connectivity index (χ4v) is 5.11. The summed E-state index contributed by atoms with van der Waals surface area (Å²) in [5.41, 5.74) is 2.22. The number of aryl methyl sites for hydroxylation is 1. The van der Waals surface area contributed by atoms with Crippen molar-refractivity contribution in [2.24, 2.45) is 5.92 Å². The topological polar surface area (TPSA) is 45.7 Å². The number of rotatable bonds is 4. The second kappa shape index (κ2) is 8.60. The van der Waals surface area contributed by atoms with Gasteiger partial charge in [0, 0.05) is 55.6 Å². The van der Waals surface area contributed by atoms with E-state index >= 15 is 0 Å². The SMILES string of the molecule is COc1ccc2c(C)cc(N3CCC(CC(=O)N4CCSCC4)CC3)nc2c1. The molecule has 2 fully saturated rings. The van der Waals surface area contributed by atoms with Gasteiger partial charge < -0.3 is 14.5 Å². The van der Waals surface area contributed by atoms with Crippen LogP contribution < -0.4 is 9.64 Å². The normalized spacial score (nSPS) is 18.5. The van der Waals surface area contributed by atoms with Crippen LogP contribution in [-0.4, -0.2) is 60.6 Å². The summed E-state index contributed by atoms with van der Waals surface area (Å²) >= 11 is 1.95. The van der Waals surface area contributed by atoms with E-state index in [1.54, 1.807) is 7.11 Å². The van der Waals surface area contributed by atoms with E-state index in [0.29, 0.717) is 18.2 Å². The summed E-state index contributed by atoms with van der Waals surface area (Å²) < 4.78 is 5.36. The predicted octanol–water partition coefficient (Wildman–Crippen LogP) is 3.73. The van der Waals surface area contributed by atoms with Crippen molar-refractivity contribution in [3.05, 3.63) is 29.8 Å². The number of benzene rings is 1. The Morgan fingerprint density at radius 1 is 1.18 bits per heavy atom. The number of methoxy groups -OCH3 is 1. The van der Waals surface area contributed by atoms with Crippen molar-refractivity contribution in [3.8, 4) is 5.75 Å². The molecule has 4 rings (SSSR count). The number of amides is 1. The van der Waals surface area contributed by atoms with Crippen LogP contribution in [-0.2, 0) is 4.79 Å². The average molecular weight is 400 g/mol. The van der Waals surface area contributed by atoms with Crippen LogP contribution in [0, 0.1) is 12.8 Å². The zero-order valence-corrected chi connectivity index (χ0v) is 17.6. The molecule has 3 heterocycles. The summed E-state index contributed by atoms with van der Waals surface area (Å²) in [5, 5.41) is 1.17. The minimum atomic E-state index is 0.352. The van der Waals surface area contributed by atoms with Gasteiger partial charge in [-0.15, -0.1) is 0 Å². The Bertz CT molecular complexity index is 843. The molecule has 2 aromatic rings. The van der Waals surface area contributed by atoms with E-state index in [1.807, 2.05) is 23.9 Å². The third-order valence-corrected chi connectivity index (χ3v) is 6.92. The van der Waals surface area contributed by atoms with E-state index in [1.165, 1.54) is 10.9 Å². The van der Waals surface area contributed by atoms with Gasteiger partial charge in [0.2, 0.25) is 5.91 Å². The molecule has 2 aliphatic rings. The van der Waals surface area contributed by atoms with Crippen molar-refractivity contribution >= 4 is 34.4 Å². The minimum absolute atomic E-state index is 0.352. The number of nitrogens with zero attached hydrogens (tertiary/aromatic N) is 3. The standard InChI is InChI=1S/C22H29N3O2S/c1-16-13-21(23-20-15-18(27-2)3-4-19(16)20)24-7-5-17(6-8-24)14-22(26)25-9-11-28-12-10-25/h3-4,13,15,17H,5-12,14H2,1-2H3. The molecule has 0 saturated carbocycles. The Morgan fingerprint density at radius 3 is 2.64 bits per heavy atom. The van der Waals surface area contributed by atoms with E-state index in [9.17, 15) is 4.79 Å². The minimum Gasteiger partial charge on any atom is -0.497 e. The molecule has 5 nitrogen and oxygen atoms in total. The van der Waals surface area contributed by atoms with Crippen molar-refractivity contribution in [3.63, 3.8) is 0 Å². The number of fused-ring (bicyclic) bond motifs is 1. The van der Waals surface area contributed by atoms with Crippen molar-refractivity contribution in [1.82, 2.24) is 9.88 Å². The summed E-state index contributed by atoms with van der Waals surface area (Å²) in [6, 6.07) is 8.26. The van der Waals surface area contributed by atoms with Crippen molar-refractivity contribution in [2.75, 3.05) is 49.7 Å². The van der Waals surface area contributed by atoms with Gasteiger partial charge in [-0.3, -0.25) is 4.79 Å². The zero-order chi connectivity index (χ0) is 19.5. The van der Waals surface area contributed by atoms with Gasteiger partial charge in [0.15, 0.2) is 0 Å². The summed E-state index contributed by atoms with van der Waals surface area (Å²) in [5.74, 6) is 4.90. The second-order valence-corrected chi connectivity index (χ2v) is 9.03. The molecule has 0 radical (unpaired) electrons. The molecular formula is C22H29N3O2S. The highest BCUT2D eigenvalue weighted by Crippen LogP contribution is 2.29. The number of aromatic nitrogens is 1. The smallest absolute Gasteiger partial charge is 0.222 e. The highest BCUT2D eigenvalue weighted by atomic mass is 32.2. The Labute approximate surface area is 171 Å². The lowest BCUT2D eigenvalue weighted by atomic mass is 9.93. The molecule has 2 aliphatic heterocycles. The number of pyridine rings is 1. The number of ether oxygens (including phenoxy) is 1. The highest BCUT2D eigenvalue weighted by Gasteiger charge is 2.25. The van der Waals surface area contributed by atoms with Crippen LogP contribution in [0.4, 0.5) is 5.82 Å². The Hall–Kier alpha value is -1.95. The molecule has 6 heteroatoms. The van der Waals surface area contributed by atoms with Gasteiger partial charge in [0.1, 0.15) is 11.6 Å². The van der Waals surface area contributed by atoms with Gasteiger partial charge >= 0.3 is 0 Å². The predicted molar refractivity (Wildman–Crippen MR) is 116 cm³/mol. The van der Waals surface area contributed by atoms with Crippen LogP contribution in [0.25, 0.3) is 10.9 Å². The number of thioether (sulfide) groups is 1. The number of anilines is 1. The molecular weight excluding hydrogens is 370 g/mol. The molecule has 1 amide bonds. The van der Waals surface area contributed by atoms with Gasteiger partial charge in [-0.1, -0.05) is 0 Å². The van der Waals surface area contributed by atoms with Crippen LogP contribution >= 0.6 is 11.8 Å².